The molecule has 4 N–H and O–H groups in total. The normalized spacial score (nSPS) is 32.3. The van der Waals surface area contributed by atoms with Gasteiger partial charge in [-0.15, -0.1) is 0 Å². The third kappa shape index (κ3) is 0.936. The Balaban J connectivity index is 2.07. The molecule has 1 unspecified atom stereocenters. The Morgan fingerprint density at radius 2 is 2.13 bits per heavy atom. The molecule has 1 aromatic carbocycles. The highest BCUT2D eigenvalue weighted by Gasteiger charge is 2.66. The maximum Gasteiger partial charge on any atom is 0.317 e. The van der Waals surface area contributed by atoms with Crippen molar-refractivity contribution < 1.29 is 9.53 Å². The molecule has 2 atom stereocenters. The zero-order chi connectivity index (χ0) is 10.6. The largest absolute Gasteiger partial charge is 0.465 e. The summed E-state index contributed by atoms with van der Waals surface area (Å²) in [6.45, 7) is 0.545. The van der Waals surface area contributed by atoms with Gasteiger partial charge in [-0.2, -0.15) is 0 Å². The number of benzene rings is 1. The molecule has 1 aliphatic carbocycles. The highest BCUT2D eigenvalue weighted by Crippen LogP contribution is 2.59. The summed E-state index contributed by atoms with van der Waals surface area (Å²) in [6.07, 6.45) is 0.884. The molecule has 0 spiro atoms. The summed E-state index contributed by atoms with van der Waals surface area (Å²) < 4.78 is 5.03. The second kappa shape index (κ2) is 2.45. The molecule has 15 heavy (non-hydrogen) atoms. The van der Waals surface area contributed by atoms with Gasteiger partial charge in [0.05, 0.1) is 23.4 Å². The van der Waals surface area contributed by atoms with Crippen molar-refractivity contribution in [2.45, 2.75) is 11.8 Å². The topological polar surface area (TPSA) is 78.3 Å². The molecule has 4 nitrogen and oxygen atoms in total. The lowest BCUT2D eigenvalue weighted by Gasteiger charge is -2.11. The standard InChI is InChI=1S/C11H12N2O2/c12-8-2-1-6(3-9(8)13)11-4-7(11)5-15-10(11)14/h1-3,7H,4-5,12-13H2/t7?,11-/m0/s1. The molecule has 4 heteroatoms. The van der Waals surface area contributed by atoms with Crippen molar-refractivity contribution in [1.82, 2.24) is 0 Å². The van der Waals surface area contributed by atoms with Crippen molar-refractivity contribution in [2.24, 2.45) is 5.92 Å². The number of esters is 1. The average molecular weight is 204 g/mol. The lowest BCUT2D eigenvalue weighted by molar-refractivity contribution is -0.142. The molecular formula is C11H12N2O2. The first-order valence-corrected chi connectivity index (χ1v) is 4.97. The summed E-state index contributed by atoms with van der Waals surface area (Å²) in [4.78, 5) is 11.6. The lowest BCUT2D eigenvalue weighted by atomic mass is 9.94. The second-order valence-electron chi connectivity index (χ2n) is 4.31. The van der Waals surface area contributed by atoms with Crippen LogP contribution in [0.25, 0.3) is 0 Å². The summed E-state index contributed by atoms with van der Waals surface area (Å²) >= 11 is 0. The molecule has 0 amide bonds. The Morgan fingerprint density at radius 3 is 2.67 bits per heavy atom. The van der Waals surface area contributed by atoms with Crippen molar-refractivity contribution in [3.63, 3.8) is 0 Å². The van der Waals surface area contributed by atoms with Crippen LogP contribution in [0.3, 0.4) is 0 Å². The first kappa shape index (κ1) is 8.59. The van der Waals surface area contributed by atoms with Crippen molar-refractivity contribution in [2.75, 3.05) is 18.1 Å². The monoisotopic (exact) mass is 204 g/mol. The van der Waals surface area contributed by atoms with E-state index in [1.165, 1.54) is 0 Å². The van der Waals surface area contributed by atoms with E-state index in [1.807, 2.05) is 6.07 Å². The fraction of sp³-hybridized carbons (Fsp3) is 0.364. The van der Waals surface area contributed by atoms with Gasteiger partial charge in [0, 0.05) is 5.92 Å². The minimum atomic E-state index is -0.401. The van der Waals surface area contributed by atoms with Crippen LogP contribution in [-0.4, -0.2) is 12.6 Å². The summed E-state index contributed by atoms with van der Waals surface area (Å²) in [5.41, 5.74) is 13.0. The number of carbonyl (C=O) groups is 1. The average Bonchev–Trinajstić information content (AvgIpc) is 2.87. The zero-order valence-electron chi connectivity index (χ0n) is 8.19. The second-order valence-corrected chi connectivity index (χ2v) is 4.31. The molecule has 1 saturated heterocycles. The predicted molar refractivity (Wildman–Crippen MR) is 56.0 cm³/mol. The number of fused-ring (bicyclic) bond motifs is 1. The number of anilines is 2. The molecule has 1 aliphatic heterocycles. The number of carbonyl (C=O) groups excluding carboxylic acids is 1. The van der Waals surface area contributed by atoms with Crippen LogP contribution in [0.5, 0.6) is 0 Å². The van der Waals surface area contributed by atoms with Crippen LogP contribution in [0, 0.1) is 5.92 Å². The van der Waals surface area contributed by atoms with Gasteiger partial charge in [-0.05, 0) is 24.1 Å². The first-order valence-electron chi connectivity index (χ1n) is 4.97. The summed E-state index contributed by atoms with van der Waals surface area (Å²) in [5, 5.41) is 0. The molecule has 2 fully saturated rings. The number of hydrogen-bond donors (Lipinski definition) is 2. The van der Waals surface area contributed by atoms with E-state index in [0.29, 0.717) is 23.9 Å². The van der Waals surface area contributed by atoms with Crippen LogP contribution in [0.4, 0.5) is 11.4 Å². The van der Waals surface area contributed by atoms with E-state index in [4.69, 9.17) is 16.2 Å². The van der Waals surface area contributed by atoms with E-state index < -0.39 is 5.41 Å². The number of nitrogens with two attached hydrogens (primary N) is 2. The molecule has 78 valence electrons. The summed E-state index contributed by atoms with van der Waals surface area (Å²) in [5.74, 6) is 0.227. The molecular weight excluding hydrogens is 192 g/mol. The smallest absolute Gasteiger partial charge is 0.317 e. The molecule has 0 bridgehead atoms. The first-order chi connectivity index (χ1) is 7.14. The van der Waals surface area contributed by atoms with Crippen LogP contribution in [-0.2, 0) is 14.9 Å². The molecule has 3 rings (SSSR count). The molecule has 1 saturated carbocycles. The fourth-order valence-electron chi connectivity index (χ4n) is 2.41. The van der Waals surface area contributed by atoms with Gasteiger partial charge in [0.15, 0.2) is 0 Å². The number of rotatable bonds is 1. The van der Waals surface area contributed by atoms with Crippen molar-refractivity contribution in [3.05, 3.63) is 23.8 Å². The quantitative estimate of drug-likeness (QED) is 0.520. The number of hydrogen-bond acceptors (Lipinski definition) is 4. The van der Waals surface area contributed by atoms with Gasteiger partial charge in [0.25, 0.3) is 0 Å². The Bertz CT molecular complexity index is 458. The van der Waals surface area contributed by atoms with Gasteiger partial charge in [0.1, 0.15) is 0 Å². The van der Waals surface area contributed by atoms with Gasteiger partial charge in [-0.1, -0.05) is 6.07 Å². The highest BCUT2D eigenvalue weighted by atomic mass is 16.5. The van der Waals surface area contributed by atoms with E-state index in [-0.39, 0.29) is 5.97 Å². The Labute approximate surface area is 87.2 Å². The van der Waals surface area contributed by atoms with Gasteiger partial charge in [-0.3, -0.25) is 4.79 Å². The van der Waals surface area contributed by atoms with Crippen LogP contribution in [0.15, 0.2) is 18.2 Å². The molecule has 1 aromatic rings. The molecule has 0 aromatic heterocycles. The van der Waals surface area contributed by atoms with Crippen molar-refractivity contribution in [3.8, 4) is 0 Å². The minimum absolute atomic E-state index is 0.114. The third-order valence-electron chi connectivity index (χ3n) is 3.49. The van der Waals surface area contributed by atoms with Crippen molar-refractivity contribution in [1.29, 1.82) is 0 Å². The van der Waals surface area contributed by atoms with Crippen molar-refractivity contribution >= 4 is 17.3 Å². The fourth-order valence-corrected chi connectivity index (χ4v) is 2.41. The Kier molecular flexibility index (Phi) is 1.40. The summed E-state index contributed by atoms with van der Waals surface area (Å²) in [7, 11) is 0. The number of cyclic esters (lactones) is 1. The maximum atomic E-state index is 11.6. The van der Waals surface area contributed by atoms with E-state index in [1.54, 1.807) is 12.1 Å². The highest BCUT2D eigenvalue weighted by molar-refractivity contribution is 5.90. The maximum absolute atomic E-state index is 11.6. The SMILES string of the molecule is Nc1ccc([C@@]23CC2COC3=O)cc1N. The lowest BCUT2D eigenvalue weighted by Crippen LogP contribution is -2.19. The molecule has 0 radical (unpaired) electrons. The molecule has 1 heterocycles. The van der Waals surface area contributed by atoms with Gasteiger partial charge < -0.3 is 16.2 Å². The van der Waals surface area contributed by atoms with E-state index >= 15 is 0 Å². The van der Waals surface area contributed by atoms with Gasteiger partial charge >= 0.3 is 5.97 Å². The zero-order valence-corrected chi connectivity index (χ0v) is 8.19. The Hall–Kier alpha value is -1.71. The van der Waals surface area contributed by atoms with Gasteiger partial charge in [-0.25, -0.2) is 0 Å². The van der Waals surface area contributed by atoms with E-state index in [2.05, 4.69) is 0 Å². The van der Waals surface area contributed by atoms with E-state index in [9.17, 15) is 4.79 Å². The van der Waals surface area contributed by atoms with Crippen LogP contribution >= 0.6 is 0 Å². The minimum Gasteiger partial charge on any atom is -0.465 e. The molecule has 2 aliphatic rings. The van der Waals surface area contributed by atoms with Crippen LogP contribution < -0.4 is 11.5 Å². The number of nitrogen functional groups attached to an aromatic ring is 2. The van der Waals surface area contributed by atoms with Gasteiger partial charge in [0.2, 0.25) is 0 Å². The van der Waals surface area contributed by atoms with Crippen LogP contribution in [0.1, 0.15) is 12.0 Å². The Morgan fingerprint density at radius 1 is 1.33 bits per heavy atom. The number of ether oxygens (including phenoxy) is 1. The predicted octanol–water partition coefficient (Wildman–Crippen LogP) is 0.665. The summed E-state index contributed by atoms with van der Waals surface area (Å²) in [6, 6.07) is 5.42. The van der Waals surface area contributed by atoms with Crippen LogP contribution in [0.2, 0.25) is 0 Å². The third-order valence-corrected chi connectivity index (χ3v) is 3.49. The van der Waals surface area contributed by atoms with E-state index in [0.717, 1.165) is 12.0 Å².